The first-order valence-corrected chi connectivity index (χ1v) is 11.4. The number of nitrogens with zero attached hydrogens (tertiary/aromatic N) is 1. The molecule has 0 bridgehead atoms. The lowest BCUT2D eigenvalue weighted by Crippen LogP contribution is -2.64. The maximum Gasteiger partial charge on any atom is 0.409 e. The smallest absolute Gasteiger partial charge is 0.409 e. The number of carbonyl (C=O) groups excluding carboxylic acids is 2. The van der Waals surface area contributed by atoms with Crippen LogP contribution in [0.3, 0.4) is 0 Å². The van der Waals surface area contributed by atoms with Crippen LogP contribution in [0.1, 0.15) is 50.7 Å². The summed E-state index contributed by atoms with van der Waals surface area (Å²) in [5, 5.41) is 12.4. The fourth-order valence-corrected chi connectivity index (χ4v) is 4.73. The van der Waals surface area contributed by atoms with E-state index < -0.39 is 29.3 Å². The van der Waals surface area contributed by atoms with Crippen LogP contribution in [0, 0.1) is 0 Å². The van der Waals surface area contributed by atoms with Gasteiger partial charge in [-0.3, -0.25) is 0 Å². The maximum absolute atomic E-state index is 13.0. The van der Waals surface area contributed by atoms with E-state index >= 15 is 0 Å². The van der Waals surface area contributed by atoms with Crippen molar-refractivity contribution >= 4 is 18.2 Å². The van der Waals surface area contributed by atoms with Gasteiger partial charge in [-0.15, -0.1) is 0 Å². The van der Waals surface area contributed by atoms with E-state index in [0.717, 1.165) is 22.3 Å². The van der Waals surface area contributed by atoms with Gasteiger partial charge >= 0.3 is 18.2 Å². The molecule has 4 rings (SSSR count). The van der Waals surface area contributed by atoms with Crippen LogP contribution in [0.5, 0.6) is 0 Å². The largest absolute Gasteiger partial charge is 0.479 e. The number of nitrogens with one attached hydrogen (secondary N) is 1. The molecule has 0 radical (unpaired) electrons. The second kappa shape index (κ2) is 9.00. The molecule has 2 N–H and O–H groups in total. The SMILES string of the molecule is CC(C)(C)OC(=O)N[C@@]1(C(=O)O)CCCN(C(=O)OCC2c3ccccc3-c3ccccc32)C1. The summed E-state index contributed by atoms with van der Waals surface area (Å²) in [6.45, 7) is 5.39. The van der Waals surface area contributed by atoms with Gasteiger partial charge in [-0.1, -0.05) is 48.5 Å². The van der Waals surface area contributed by atoms with E-state index in [2.05, 4.69) is 17.4 Å². The van der Waals surface area contributed by atoms with E-state index in [1.165, 1.54) is 4.90 Å². The maximum atomic E-state index is 13.0. The quantitative estimate of drug-likeness (QED) is 0.693. The monoisotopic (exact) mass is 466 g/mol. The predicted octanol–water partition coefficient (Wildman–Crippen LogP) is 4.38. The molecule has 0 spiro atoms. The number of fused-ring (bicyclic) bond motifs is 3. The highest BCUT2D eigenvalue weighted by Crippen LogP contribution is 2.44. The molecule has 0 saturated carbocycles. The van der Waals surface area contributed by atoms with Crippen molar-refractivity contribution in [1.82, 2.24) is 10.2 Å². The summed E-state index contributed by atoms with van der Waals surface area (Å²) in [5.41, 5.74) is 2.05. The van der Waals surface area contributed by atoms with Crippen LogP contribution in [0.2, 0.25) is 0 Å². The van der Waals surface area contributed by atoms with E-state index in [0.29, 0.717) is 13.0 Å². The van der Waals surface area contributed by atoms with Gasteiger partial charge in [-0.2, -0.15) is 0 Å². The van der Waals surface area contributed by atoms with Crippen LogP contribution in [0.15, 0.2) is 48.5 Å². The summed E-state index contributed by atoms with van der Waals surface area (Å²) in [7, 11) is 0. The third-order valence-electron chi connectivity index (χ3n) is 6.24. The van der Waals surface area contributed by atoms with Crippen molar-refractivity contribution in [2.24, 2.45) is 0 Å². The highest BCUT2D eigenvalue weighted by Gasteiger charge is 2.46. The minimum atomic E-state index is -1.63. The Morgan fingerprint density at radius 1 is 1.06 bits per heavy atom. The zero-order valence-electron chi connectivity index (χ0n) is 19.7. The van der Waals surface area contributed by atoms with Gasteiger partial charge in [0, 0.05) is 12.5 Å². The molecule has 2 aromatic carbocycles. The Morgan fingerprint density at radius 2 is 1.65 bits per heavy atom. The lowest BCUT2D eigenvalue weighted by Gasteiger charge is -2.39. The minimum Gasteiger partial charge on any atom is -0.479 e. The molecule has 2 aromatic rings. The Labute approximate surface area is 198 Å². The van der Waals surface area contributed by atoms with Gasteiger partial charge in [0.1, 0.15) is 12.2 Å². The lowest BCUT2D eigenvalue weighted by molar-refractivity contribution is -0.147. The van der Waals surface area contributed by atoms with Crippen molar-refractivity contribution in [2.45, 2.75) is 50.7 Å². The molecule has 2 aliphatic rings. The van der Waals surface area contributed by atoms with Crippen molar-refractivity contribution < 1.29 is 29.0 Å². The number of hydrogen-bond donors (Lipinski definition) is 2. The van der Waals surface area contributed by atoms with Crippen molar-refractivity contribution in [3.63, 3.8) is 0 Å². The summed E-state index contributed by atoms with van der Waals surface area (Å²) >= 11 is 0. The number of carboxylic acids is 1. The first kappa shape index (κ1) is 23.6. The Morgan fingerprint density at radius 3 is 2.21 bits per heavy atom. The minimum absolute atomic E-state index is 0.0924. The van der Waals surface area contributed by atoms with Gasteiger partial charge in [0.05, 0.1) is 6.54 Å². The van der Waals surface area contributed by atoms with Crippen molar-refractivity contribution in [2.75, 3.05) is 19.7 Å². The highest BCUT2D eigenvalue weighted by atomic mass is 16.6. The molecular weight excluding hydrogens is 436 g/mol. The topological polar surface area (TPSA) is 105 Å². The van der Waals surface area contributed by atoms with Crippen LogP contribution in [-0.2, 0) is 14.3 Å². The molecule has 8 nitrogen and oxygen atoms in total. The standard InChI is InChI=1S/C26H30N2O6/c1-25(2,3)34-23(31)27-26(22(29)30)13-8-14-28(16-26)24(32)33-15-21-19-11-6-4-9-17(19)18-10-5-7-12-20(18)21/h4-7,9-12,21H,8,13-16H2,1-3H3,(H,27,31)(H,29,30)/t26-/m0/s1. The van der Waals surface area contributed by atoms with Crippen molar-refractivity contribution in [1.29, 1.82) is 0 Å². The Hall–Kier alpha value is -3.55. The third kappa shape index (κ3) is 4.71. The number of rotatable bonds is 4. The Balaban J connectivity index is 1.45. The van der Waals surface area contributed by atoms with Gasteiger partial charge in [-0.25, -0.2) is 14.4 Å². The van der Waals surface area contributed by atoms with Crippen LogP contribution in [-0.4, -0.2) is 59.0 Å². The number of piperidine rings is 1. The molecule has 1 saturated heterocycles. The lowest BCUT2D eigenvalue weighted by atomic mass is 9.89. The number of carbonyl (C=O) groups is 3. The summed E-state index contributed by atoms with van der Waals surface area (Å²) in [5.74, 6) is -1.31. The molecular formula is C26H30N2O6. The number of likely N-dealkylation sites (tertiary alicyclic amines) is 1. The number of ether oxygens (including phenoxy) is 2. The first-order valence-electron chi connectivity index (χ1n) is 11.4. The van der Waals surface area contributed by atoms with Crippen LogP contribution in [0.4, 0.5) is 9.59 Å². The molecule has 1 aliphatic carbocycles. The number of alkyl carbamates (subject to hydrolysis) is 1. The Bertz CT molecular complexity index is 1060. The summed E-state index contributed by atoms with van der Waals surface area (Å²) in [6.07, 6.45) is -0.830. The van der Waals surface area contributed by atoms with Gasteiger partial charge in [0.25, 0.3) is 0 Å². The van der Waals surface area contributed by atoms with Gasteiger partial charge < -0.3 is 24.8 Å². The molecule has 1 fully saturated rings. The number of hydrogen-bond acceptors (Lipinski definition) is 5. The predicted molar refractivity (Wildman–Crippen MR) is 126 cm³/mol. The van der Waals surface area contributed by atoms with E-state index in [4.69, 9.17) is 9.47 Å². The van der Waals surface area contributed by atoms with E-state index in [1.54, 1.807) is 20.8 Å². The number of aliphatic carboxylic acids is 1. The fourth-order valence-electron chi connectivity index (χ4n) is 4.73. The fraction of sp³-hybridized carbons (Fsp3) is 0.423. The molecule has 2 amide bonds. The number of amides is 2. The van der Waals surface area contributed by atoms with Crippen LogP contribution >= 0.6 is 0 Å². The average Bonchev–Trinajstić information content (AvgIpc) is 3.10. The zero-order chi connectivity index (χ0) is 24.5. The van der Waals surface area contributed by atoms with Crippen LogP contribution in [0.25, 0.3) is 11.1 Å². The summed E-state index contributed by atoms with van der Waals surface area (Å²) in [6, 6.07) is 16.1. The molecule has 0 unspecified atom stereocenters. The molecule has 1 aliphatic heterocycles. The second-order valence-electron chi connectivity index (χ2n) is 9.84. The normalized spacial score (nSPS) is 19.7. The summed E-state index contributed by atoms with van der Waals surface area (Å²) < 4.78 is 10.9. The molecule has 8 heteroatoms. The second-order valence-corrected chi connectivity index (χ2v) is 9.84. The van der Waals surface area contributed by atoms with Crippen LogP contribution < -0.4 is 5.32 Å². The molecule has 1 heterocycles. The zero-order valence-corrected chi connectivity index (χ0v) is 19.7. The van der Waals surface area contributed by atoms with Crippen molar-refractivity contribution in [3.05, 3.63) is 59.7 Å². The van der Waals surface area contributed by atoms with E-state index in [9.17, 15) is 19.5 Å². The van der Waals surface area contributed by atoms with Gasteiger partial charge in [-0.05, 0) is 55.9 Å². The van der Waals surface area contributed by atoms with E-state index in [-0.39, 0.29) is 25.5 Å². The highest BCUT2D eigenvalue weighted by molar-refractivity contribution is 5.86. The van der Waals surface area contributed by atoms with Gasteiger partial charge in [0.15, 0.2) is 5.54 Å². The molecule has 0 aromatic heterocycles. The molecule has 1 atom stereocenters. The summed E-state index contributed by atoms with van der Waals surface area (Å²) in [4.78, 5) is 38.8. The van der Waals surface area contributed by atoms with E-state index in [1.807, 2.05) is 36.4 Å². The molecule has 180 valence electrons. The van der Waals surface area contributed by atoms with Gasteiger partial charge in [0.2, 0.25) is 0 Å². The van der Waals surface area contributed by atoms with Crippen molar-refractivity contribution in [3.8, 4) is 11.1 Å². The number of carboxylic acid groups (broad SMARTS) is 1. The number of benzene rings is 2. The average molecular weight is 467 g/mol. The molecule has 34 heavy (non-hydrogen) atoms. The Kier molecular flexibility index (Phi) is 6.25. The third-order valence-corrected chi connectivity index (χ3v) is 6.24. The first-order chi connectivity index (χ1) is 16.1.